The number of benzene rings is 1. The van der Waals surface area contributed by atoms with E-state index in [4.69, 9.17) is 4.74 Å². The maximum Gasteiger partial charge on any atom is 0.249 e. The minimum Gasteiger partial charge on any atom is -0.370 e. The topological polar surface area (TPSA) is 53.9 Å². The highest BCUT2D eigenvalue weighted by molar-refractivity contribution is 6.07. The molecule has 0 radical (unpaired) electrons. The van der Waals surface area contributed by atoms with Crippen molar-refractivity contribution in [2.75, 3.05) is 26.3 Å². The predicted molar refractivity (Wildman–Crippen MR) is 72.0 cm³/mol. The third-order valence-electron chi connectivity index (χ3n) is 3.55. The quantitative estimate of drug-likeness (QED) is 0.843. The van der Waals surface area contributed by atoms with Crippen LogP contribution in [-0.2, 0) is 9.53 Å². The molecule has 1 aromatic carbocycles. The molecule has 2 aliphatic heterocycles. The monoisotopic (exact) mass is 259 g/mol. The summed E-state index contributed by atoms with van der Waals surface area (Å²) in [5.74, 6) is 0.0414. The lowest BCUT2D eigenvalue weighted by molar-refractivity contribution is -0.143. The second-order valence-corrected chi connectivity index (χ2v) is 4.88. The van der Waals surface area contributed by atoms with E-state index in [0.29, 0.717) is 19.7 Å². The summed E-state index contributed by atoms with van der Waals surface area (Å²) in [6.45, 7) is 4.15. The van der Waals surface area contributed by atoms with Crippen LogP contribution in [0.2, 0.25) is 0 Å². The minimum atomic E-state index is 0.0131. The number of nitrogens with zero attached hydrogens (tertiary/aromatic N) is 2. The van der Waals surface area contributed by atoms with Crippen LogP contribution in [0.1, 0.15) is 11.1 Å². The number of morpholine rings is 1. The molecule has 0 spiro atoms. The molecule has 1 fully saturated rings. The van der Waals surface area contributed by atoms with Crippen molar-refractivity contribution in [2.24, 2.45) is 5.10 Å². The van der Waals surface area contributed by atoms with E-state index in [1.54, 1.807) is 0 Å². The Morgan fingerprint density at radius 3 is 2.89 bits per heavy atom. The van der Waals surface area contributed by atoms with E-state index in [1.165, 1.54) is 5.56 Å². The molecule has 0 aromatic heterocycles. The van der Waals surface area contributed by atoms with Crippen LogP contribution in [-0.4, -0.2) is 48.9 Å². The third-order valence-corrected chi connectivity index (χ3v) is 3.55. The van der Waals surface area contributed by atoms with Crippen LogP contribution >= 0.6 is 0 Å². The van der Waals surface area contributed by atoms with Crippen LogP contribution < -0.4 is 5.43 Å². The number of hydrazone groups is 1. The van der Waals surface area contributed by atoms with Gasteiger partial charge in [-0.3, -0.25) is 4.79 Å². The number of carbonyl (C=O) groups excluding carboxylic acids is 1. The molecule has 1 aromatic rings. The Kier molecular flexibility index (Phi) is 3.21. The summed E-state index contributed by atoms with van der Waals surface area (Å²) in [4.78, 5) is 13.8. The van der Waals surface area contributed by atoms with Gasteiger partial charge in [0.2, 0.25) is 5.91 Å². The molecule has 5 heteroatoms. The number of aryl methyl sites for hydroxylation is 1. The molecule has 5 nitrogen and oxygen atoms in total. The number of hydrogen-bond acceptors (Lipinski definition) is 4. The fraction of sp³-hybridized carbons (Fsp3) is 0.429. The number of nitrogens with one attached hydrogen (secondary N) is 1. The van der Waals surface area contributed by atoms with Gasteiger partial charge in [-0.25, -0.2) is 0 Å². The second kappa shape index (κ2) is 5.01. The van der Waals surface area contributed by atoms with Crippen LogP contribution in [0, 0.1) is 6.92 Å². The van der Waals surface area contributed by atoms with Gasteiger partial charge in [-0.05, 0) is 12.5 Å². The SMILES string of the molecule is Cc1ccc(C2=NNCC2N2CCOCC2=O)cc1. The van der Waals surface area contributed by atoms with Crippen molar-refractivity contribution in [2.45, 2.75) is 13.0 Å². The molecule has 0 saturated carbocycles. The van der Waals surface area contributed by atoms with Crippen molar-refractivity contribution in [1.29, 1.82) is 0 Å². The molecule has 2 heterocycles. The lowest BCUT2D eigenvalue weighted by Crippen LogP contribution is -2.52. The van der Waals surface area contributed by atoms with Crippen molar-refractivity contribution in [3.63, 3.8) is 0 Å². The molecule has 100 valence electrons. The summed E-state index contributed by atoms with van der Waals surface area (Å²) in [6, 6.07) is 8.25. The van der Waals surface area contributed by atoms with E-state index >= 15 is 0 Å². The number of hydrogen-bond donors (Lipinski definition) is 1. The van der Waals surface area contributed by atoms with Gasteiger partial charge < -0.3 is 15.1 Å². The van der Waals surface area contributed by atoms with Crippen LogP contribution in [0.15, 0.2) is 29.4 Å². The molecule has 1 amide bonds. The third kappa shape index (κ3) is 2.33. The summed E-state index contributed by atoms with van der Waals surface area (Å²) >= 11 is 0. The number of carbonyl (C=O) groups is 1. The zero-order valence-electron chi connectivity index (χ0n) is 10.9. The predicted octanol–water partition coefficient (Wildman–Crippen LogP) is 0.530. The second-order valence-electron chi connectivity index (χ2n) is 4.88. The Morgan fingerprint density at radius 1 is 1.37 bits per heavy atom. The zero-order chi connectivity index (χ0) is 13.2. The fourth-order valence-electron chi connectivity index (χ4n) is 2.49. The molecule has 0 aliphatic carbocycles. The van der Waals surface area contributed by atoms with Crippen molar-refractivity contribution < 1.29 is 9.53 Å². The summed E-state index contributed by atoms with van der Waals surface area (Å²) in [7, 11) is 0. The van der Waals surface area contributed by atoms with Crippen molar-refractivity contribution in [3.8, 4) is 0 Å². The maximum atomic E-state index is 11.9. The van der Waals surface area contributed by atoms with Crippen molar-refractivity contribution >= 4 is 11.6 Å². The average molecular weight is 259 g/mol. The Morgan fingerprint density at radius 2 is 2.16 bits per heavy atom. The first-order valence-electron chi connectivity index (χ1n) is 6.50. The molecular formula is C14H17N3O2. The van der Waals surface area contributed by atoms with E-state index in [1.807, 2.05) is 4.90 Å². The van der Waals surface area contributed by atoms with E-state index in [0.717, 1.165) is 11.3 Å². The van der Waals surface area contributed by atoms with Gasteiger partial charge in [0.05, 0.1) is 24.9 Å². The Hall–Kier alpha value is -1.88. The summed E-state index contributed by atoms with van der Waals surface area (Å²) in [5.41, 5.74) is 6.23. The highest BCUT2D eigenvalue weighted by atomic mass is 16.5. The summed E-state index contributed by atoms with van der Waals surface area (Å²) < 4.78 is 5.18. The molecule has 1 atom stereocenters. The van der Waals surface area contributed by atoms with Crippen LogP contribution in [0.3, 0.4) is 0 Å². The summed E-state index contributed by atoms with van der Waals surface area (Å²) in [6.07, 6.45) is 0. The molecule has 1 saturated heterocycles. The fourth-order valence-corrected chi connectivity index (χ4v) is 2.49. The van der Waals surface area contributed by atoms with Gasteiger partial charge in [-0.1, -0.05) is 29.8 Å². The van der Waals surface area contributed by atoms with Gasteiger partial charge in [0.1, 0.15) is 6.61 Å². The molecule has 2 aliphatic rings. The molecular weight excluding hydrogens is 242 g/mol. The van der Waals surface area contributed by atoms with Gasteiger partial charge in [0.25, 0.3) is 0 Å². The molecule has 1 unspecified atom stereocenters. The van der Waals surface area contributed by atoms with Gasteiger partial charge in [0, 0.05) is 6.54 Å². The normalized spacial score (nSPS) is 23.2. The van der Waals surface area contributed by atoms with E-state index in [9.17, 15) is 4.79 Å². The maximum absolute atomic E-state index is 11.9. The Balaban J connectivity index is 1.84. The van der Waals surface area contributed by atoms with Gasteiger partial charge >= 0.3 is 0 Å². The lowest BCUT2D eigenvalue weighted by Gasteiger charge is -2.32. The lowest BCUT2D eigenvalue weighted by atomic mass is 10.0. The number of ether oxygens (including phenoxy) is 1. The number of rotatable bonds is 2. The summed E-state index contributed by atoms with van der Waals surface area (Å²) in [5, 5.41) is 4.36. The first kappa shape index (κ1) is 12.2. The van der Waals surface area contributed by atoms with E-state index in [2.05, 4.69) is 41.7 Å². The standard InChI is InChI=1S/C14H17N3O2/c1-10-2-4-11(5-3-10)14-12(8-15-16-14)17-6-7-19-9-13(17)18/h2-5,12,15H,6-9H2,1H3. The van der Waals surface area contributed by atoms with Gasteiger partial charge in [0.15, 0.2) is 0 Å². The molecule has 3 rings (SSSR count). The molecule has 0 bridgehead atoms. The average Bonchev–Trinajstić information content (AvgIpc) is 2.89. The Bertz CT molecular complexity index is 510. The highest BCUT2D eigenvalue weighted by Crippen LogP contribution is 2.16. The smallest absolute Gasteiger partial charge is 0.249 e. The molecule has 1 N–H and O–H groups in total. The van der Waals surface area contributed by atoms with Gasteiger partial charge in [-0.2, -0.15) is 5.10 Å². The van der Waals surface area contributed by atoms with Crippen LogP contribution in [0.25, 0.3) is 0 Å². The van der Waals surface area contributed by atoms with Gasteiger partial charge in [-0.15, -0.1) is 0 Å². The highest BCUT2D eigenvalue weighted by Gasteiger charge is 2.33. The molecule has 19 heavy (non-hydrogen) atoms. The zero-order valence-corrected chi connectivity index (χ0v) is 10.9. The first-order chi connectivity index (χ1) is 9.25. The largest absolute Gasteiger partial charge is 0.370 e. The van der Waals surface area contributed by atoms with Crippen molar-refractivity contribution in [3.05, 3.63) is 35.4 Å². The minimum absolute atomic E-state index is 0.0131. The first-order valence-corrected chi connectivity index (χ1v) is 6.50. The Labute approximate surface area is 112 Å². The van der Waals surface area contributed by atoms with Crippen LogP contribution in [0.5, 0.6) is 0 Å². The van der Waals surface area contributed by atoms with Crippen molar-refractivity contribution in [1.82, 2.24) is 10.3 Å². The van der Waals surface area contributed by atoms with E-state index in [-0.39, 0.29) is 18.6 Å². The van der Waals surface area contributed by atoms with Crippen LogP contribution in [0.4, 0.5) is 0 Å². The number of amides is 1. The van der Waals surface area contributed by atoms with E-state index < -0.39 is 0 Å².